The molecule has 0 radical (unpaired) electrons. The lowest BCUT2D eigenvalue weighted by molar-refractivity contribution is 0.102. The normalized spacial score (nSPS) is 11.3. The maximum Gasteiger partial charge on any atom is 0.277 e. The number of rotatable bonds is 7. The number of anilines is 1. The smallest absolute Gasteiger partial charge is 0.277 e. The highest BCUT2D eigenvalue weighted by atomic mass is 32.2. The van der Waals surface area contributed by atoms with Crippen LogP contribution in [0.15, 0.2) is 58.2 Å². The third-order valence-corrected chi connectivity index (χ3v) is 4.76. The summed E-state index contributed by atoms with van der Waals surface area (Å²) in [6, 6.07) is 11.7. The summed E-state index contributed by atoms with van der Waals surface area (Å²) in [5.41, 5.74) is 1.39. The van der Waals surface area contributed by atoms with Gasteiger partial charge in [0.25, 0.3) is 5.22 Å². The van der Waals surface area contributed by atoms with E-state index in [1.54, 1.807) is 0 Å². The van der Waals surface area contributed by atoms with Gasteiger partial charge in [0.05, 0.1) is 12.0 Å². The van der Waals surface area contributed by atoms with Crippen LogP contribution in [0, 0.1) is 5.82 Å². The van der Waals surface area contributed by atoms with Crippen LogP contribution < -0.4 is 4.72 Å². The SMILES string of the molecule is CS(=O)(=O)Nc1ccc(C(=O)CSc2nnc(-c3ccc(F)cc3)o2)cc1. The summed E-state index contributed by atoms with van der Waals surface area (Å²) < 4.78 is 43.1. The van der Waals surface area contributed by atoms with Crippen LogP contribution in [0.3, 0.4) is 0 Å². The van der Waals surface area contributed by atoms with E-state index in [0.717, 1.165) is 18.0 Å². The molecule has 1 N–H and O–H groups in total. The summed E-state index contributed by atoms with van der Waals surface area (Å²) in [4.78, 5) is 12.2. The first kappa shape index (κ1) is 19.1. The van der Waals surface area contributed by atoms with Crippen LogP contribution in [0.5, 0.6) is 0 Å². The number of hydrogen-bond donors (Lipinski definition) is 1. The number of carbonyl (C=O) groups excluding carboxylic acids is 1. The van der Waals surface area contributed by atoms with E-state index in [-0.39, 0.29) is 28.5 Å². The van der Waals surface area contributed by atoms with Crippen LogP contribution >= 0.6 is 11.8 Å². The van der Waals surface area contributed by atoms with Crippen molar-refractivity contribution in [1.82, 2.24) is 10.2 Å². The number of sulfonamides is 1. The molecule has 140 valence electrons. The molecule has 0 aliphatic carbocycles. The molecule has 0 bridgehead atoms. The number of thioether (sulfide) groups is 1. The van der Waals surface area contributed by atoms with Crippen molar-refractivity contribution in [2.45, 2.75) is 5.22 Å². The van der Waals surface area contributed by atoms with E-state index < -0.39 is 10.0 Å². The molecule has 1 heterocycles. The summed E-state index contributed by atoms with van der Waals surface area (Å²) in [6.07, 6.45) is 1.05. The lowest BCUT2D eigenvalue weighted by atomic mass is 10.1. The molecule has 0 unspecified atom stereocenters. The number of aromatic nitrogens is 2. The molecule has 0 saturated heterocycles. The number of nitrogens with zero attached hydrogens (tertiary/aromatic N) is 2. The fourth-order valence-electron chi connectivity index (χ4n) is 2.13. The Morgan fingerprint density at radius 1 is 1.11 bits per heavy atom. The molecule has 1 aromatic heterocycles. The quantitative estimate of drug-likeness (QED) is 0.474. The lowest BCUT2D eigenvalue weighted by Gasteiger charge is -2.04. The zero-order valence-electron chi connectivity index (χ0n) is 14.0. The Morgan fingerprint density at radius 2 is 1.78 bits per heavy atom. The molecule has 3 aromatic rings. The van der Waals surface area contributed by atoms with Crippen LogP contribution in [0.25, 0.3) is 11.5 Å². The highest BCUT2D eigenvalue weighted by Gasteiger charge is 2.13. The number of ketones is 1. The predicted octanol–water partition coefficient (Wildman–Crippen LogP) is 3.22. The minimum atomic E-state index is -3.37. The number of benzene rings is 2. The molecule has 10 heteroatoms. The van der Waals surface area contributed by atoms with Gasteiger partial charge in [0, 0.05) is 16.8 Å². The molecule has 3 rings (SSSR count). The van der Waals surface area contributed by atoms with Crippen molar-refractivity contribution in [3.8, 4) is 11.5 Å². The molecular weight excluding hydrogens is 393 g/mol. The van der Waals surface area contributed by atoms with Crippen molar-refractivity contribution < 1.29 is 22.0 Å². The second kappa shape index (κ2) is 7.89. The Kier molecular flexibility index (Phi) is 5.57. The lowest BCUT2D eigenvalue weighted by Crippen LogP contribution is -2.10. The fourth-order valence-corrected chi connectivity index (χ4v) is 3.35. The first-order valence-corrected chi connectivity index (χ1v) is 10.5. The molecule has 0 atom stereocenters. The predicted molar refractivity (Wildman–Crippen MR) is 99.7 cm³/mol. The second-order valence-corrected chi connectivity index (χ2v) is 8.22. The summed E-state index contributed by atoms with van der Waals surface area (Å²) in [5.74, 6) is -0.228. The van der Waals surface area contributed by atoms with Crippen LogP contribution in [-0.4, -0.2) is 36.4 Å². The van der Waals surface area contributed by atoms with Gasteiger partial charge >= 0.3 is 0 Å². The van der Waals surface area contributed by atoms with Crippen LogP contribution in [0.1, 0.15) is 10.4 Å². The average Bonchev–Trinajstić information content (AvgIpc) is 3.08. The van der Waals surface area contributed by atoms with E-state index in [4.69, 9.17) is 4.42 Å². The molecule has 0 spiro atoms. The average molecular weight is 407 g/mol. The molecule has 7 nitrogen and oxygen atoms in total. The van der Waals surface area contributed by atoms with E-state index in [2.05, 4.69) is 14.9 Å². The van der Waals surface area contributed by atoms with E-state index >= 15 is 0 Å². The van der Waals surface area contributed by atoms with Gasteiger partial charge in [-0.15, -0.1) is 10.2 Å². The summed E-state index contributed by atoms with van der Waals surface area (Å²) in [6.45, 7) is 0. The van der Waals surface area contributed by atoms with Gasteiger partial charge in [0.1, 0.15) is 5.82 Å². The second-order valence-electron chi connectivity index (χ2n) is 5.54. The molecule has 0 aliphatic rings. The zero-order valence-corrected chi connectivity index (χ0v) is 15.7. The van der Waals surface area contributed by atoms with Gasteiger partial charge in [0.2, 0.25) is 15.9 Å². The Morgan fingerprint density at radius 3 is 2.41 bits per heavy atom. The highest BCUT2D eigenvalue weighted by Crippen LogP contribution is 2.24. The number of Topliss-reactive ketones (excluding diaryl/α,β-unsaturated/α-hetero) is 1. The fraction of sp³-hybridized carbons (Fsp3) is 0.118. The first-order chi connectivity index (χ1) is 12.8. The largest absolute Gasteiger partial charge is 0.411 e. The van der Waals surface area contributed by atoms with Crippen LogP contribution in [0.2, 0.25) is 0 Å². The van der Waals surface area contributed by atoms with Crippen molar-refractivity contribution in [3.63, 3.8) is 0 Å². The van der Waals surface area contributed by atoms with E-state index in [1.165, 1.54) is 48.5 Å². The highest BCUT2D eigenvalue weighted by molar-refractivity contribution is 7.99. The van der Waals surface area contributed by atoms with Gasteiger partial charge in [-0.25, -0.2) is 12.8 Å². The van der Waals surface area contributed by atoms with E-state index in [1.807, 2.05) is 0 Å². The number of nitrogens with one attached hydrogen (secondary N) is 1. The van der Waals surface area contributed by atoms with Crippen molar-refractivity contribution in [1.29, 1.82) is 0 Å². The maximum absolute atomic E-state index is 12.9. The van der Waals surface area contributed by atoms with Gasteiger partial charge in [-0.2, -0.15) is 0 Å². The molecule has 0 saturated carbocycles. The summed E-state index contributed by atoms with van der Waals surface area (Å²) >= 11 is 1.08. The van der Waals surface area contributed by atoms with Crippen molar-refractivity contribution in [2.24, 2.45) is 0 Å². The minimum absolute atomic E-state index is 0.0733. The van der Waals surface area contributed by atoms with Crippen molar-refractivity contribution >= 4 is 33.3 Å². The zero-order chi connectivity index (χ0) is 19.4. The third-order valence-electron chi connectivity index (χ3n) is 3.33. The molecule has 0 aliphatic heterocycles. The van der Waals surface area contributed by atoms with Gasteiger partial charge in [-0.05, 0) is 48.5 Å². The van der Waals surface area contributed by atoms with Gasteiger partial charge in [-0.1, -0.05) is 11.8 Å². The minimum Gasteiger partial charge on any atom is -0.411 e. The van der Waals surface area contributed by atoms with Gasteiger partial charge < -0.3 is 4.42 Å². The monoisotopic (exact) mass is 407 g/mol. The number of halogens is 1. The van der Waals surface area contributed by atoms with Crippen molar-refractivity contribution in [2.75, 3.05) is 16.7 Å². The van der Waals surface area contributed by atoms with Gasteiger partial charge in [-0.3, -0.25) is 9.52 Å². The number of carbonyl (C=O) groups is 1. The Bertz CT molecular complexity index is 1050. The molecule has 0 fully saturated rings. The first-order valence-electron chi connectivity index (χ1n) is 7.63. The molecular formula is C17H14FN3O4S2. The Balaban J connectivity index is 1.60. The molecule has 27 heavy (non-hydrogen) atoms. The Labute approximate surface area is 159 Å². The molecule has 0 amide bonds. The summed E-state index contributed by atoms with van der Waals surface area (Å²) in [7, 11) is -3.37. The van der Waals surface area contributed by atoms with E-state index in [9.17, 15) is 17.6 Å². The number of hydrogen-bond acceptors (Lipinski definition) is 7. The van der Waals surface area contributed by atoms with Gasteiger partial charge in [0.15, 0.2) is 5.78 Å². The summed E-state index contributed by atoms with van der Waals surface area (Å²) in [5, 5.41) is 7.96. The molecule has 2 aromatic carbocycles. The van der Waals surface area contributed by atoms with Crippen LogP contribution in [0.4, 0.5) is 10.1 Å². The maximum atomic E-state index is 12.9. The topological polar surface area (TPSA) is 102 Å². The van der Waals surface area contributed by atoms with E-state index in [0.29, 0.717) is 16.8 Å². The van der Waals surface area contributed by atoms with Crippen molar-refractivity contribution in [3.05, 3.63) is 59.9 Å². The van der Waals surface area contributed by atoms with Crippen LogP contribution in [-0.2, 0) is 10.0 Å². The Hall–Kier alpha value is -2.72. The third kappa shape index (κ3) is 5.38. The standard InChI is InChI=1S/C17H14FN3O4S2/c1-27(23,24)21-14-8-4-11(5-9-14)15(22)10-26-17-20-19-16(25-17)12-2-6-13(18)7-3-12/h2-9,21H,10H2,1H3.